The molecule has 2 saturated heterocycles. The number of hydrogen-bond donors (Lipinski definition) is 3. The summed E-state index contributed by atoms with van der Waals surface area (Å²) in [5, 5.41) is 12.8. The van der Waals surface area contributed by atoms with E-state index >= 15 is 0 Å². The van der Waals surface area contributed by atoms with Crippen molar-refractivity contribution in [2.24, 2.45) is 0 Å². The fourth-order valence-corrected chi connectivity index (χ4v) is 7.33. The maximum Gasteiger partial charge on any atom is 0.321 e. The highest BCUT2D eigenvalue weighted by Crippen LogP contribution is 2.31. The van der Waals surface area contributed by atoms with Gasteiger partial charge in [-0.05, 0) is 44.4 Å². The number of carbonyl (C=O) groups excluding carboxylic acids is 2. The van der Waals surface area contributed by atoms with E-state index in [0.29, 0.717) is 36.1 Å². The van der Waals surface area contributed by atoms with E-state index in [9.17, 15) is 26.8 Å². The van der Waals surface area contributed by atoms with Crippen LogP contribution >= 0.6 is 0 Å². The van der Waals surface area contributed by atoms with Crippen molar-refractivity contribution in [1.82, 2.24) is 29.2 Å². The van der Waals surface area contributed by atoms with E-state index in [-0.39, 0.29) is 36.9 Å². The Labute approximate surface area is 266 Å². The van der Waals surface area contributed by atoms with Crippen LogP contribution in [0.2, 0.25) is 0 Å². The third-order valence-electron chi connectivity index (χ3n) is 8.75. The lowest BCUT2D eigenvalue weighted by Gasteiger charge is -2.35. The molecule has 3 amide bonds. The number of fused-ring (bicyclic) bond motifs is 1. The summed E-state index contributed by atoms with van der Waals surface area (Å²) in [5.74, 6) is -2.41. The van der Waals surface area contributed by atoms with E-state index in [2.05, 4.69) is 42.6 Å². The van der Waals surface area contributed by atoms with Crippen molar-refractivity contribution in [2.75, 3.05) is 88.5 Å². The van der Waals surface area contributed by atoms with Gasteiger partial charge in [-0.25, -0.2) is 22.0 Å². The zero-order valence-corrected chi connectivity index (χ0v) is 26.5. The minimum atomic E-state index is -4.24. The molecule has 0 saturated carbocycles. The number of nitrogens with zero attached hydrogens (tertiary/aromatic N) is 6. The van der Waals surface area contributed by atoms with Crippen molar-refractivity contribution in [3.05, 3.63) is 64.9 Å². The smallest absolute Gasteiger partial charge is 0.321 e. The number of hydrogen-bond acceptors (Lipinski definition) is 8. The number of aromatic nitrogens is 2. The van der Waals surface area contributed by atoms with Crippen LogP contribution in [0.4, 0.5) is 30.8 Å². The Hall–Kier alpha value is -4.12. The topological polar surface area (TPSA) is 137 Å². The van der Waals surface area contributed by atoms with Gasteiger partial charge in [-0.1, -0.05) is 0 Å². The van der Waals surface area contributed by atoms with Crippen LogP contribution in [0.5, 0.6) is 0 Å². The Balaban J connectivity index is 1.24. The highest BCUT2D eigenvalue weighted by atomic mass is 32.2. The van der Waals surface area contributed by atoms with Gasteiger partial charge in [0.15, 0.2) is 5.82 Å². The third-order valence-corrected chi connectivity index (χ3v) is 10.6. The average Bonchev–Trinajstić information content (AvgIpc) is 3.43. The quantitative estimate of drug-likeness (QED) is 0.367. The number of aromatic amines is 1. The first kappa shape index (κ1) is 31.8. The van der Waals surface area contributed by atoms with Gasteiger partial charge in [0, 0.05) is 94.9 Å². The third kappa shape index (κ3) is 6.70. The molecule has 3 aliphatic rings. The first-order valence-corrected chi connectivity index (χ1v) is 16.6. The number of rotatable bonds is 6. The van der Waals surface area contributed by atoms with Gasteiger partial charge in [-0.15, -0.1) is 0 Å². The molecule has 2 aromatic carbocycles. The lowest BCUT2D eigenvalue weighted by atomic mass is 10.1. The summed E-state index contributed by atoms with van der Waals surface area (Å²) in [6.07, 6.45) is 0.251. The van der Waals surface area contributed by atoms with E-state index in [1.807, 2.05) is 13.1 Å². The summed E-state index contributed by atoms with van der Waals surface area (Å²) in [6, 6.07) is 7.17. The monoisotopic (exact) mass is 657 g/mol. The SMILES string of the molecule is CN1CCN(C(=O)Nc2cc(N3CCN(C)CC3)ccc2C(=O)Nc2n[nH]c3c2CN(S(=O)(=O)c2cc(F)cc(F)c2)CC3)CC1. The number of anilines is 3. The number of nitrogens with one attached hydrogen (secondary N) is 3. The molecule has 1 aromatic heterocycles. The molecule has 0 atom stereocenters. The van der Waals surface area contributed by atoms with Crippen LogP contribution in [0.3, 0.4) is 0 Å². The first-order chi connectivity index (χ1) is 22.0. The summed E-state index contributed by atoms with van der Waals surface area (Å²) < 4.78 is 55.3. The zero-order valence-electron chi connectivity index (χ0n) is 25.7. The second kappa shape index (κ2) is 12.9. The molecule has 13 nitrogen and oxygen atoms in total. The molecule has 246 valence electrons. The van der Waals surface area contributed by atoms with Gasteiger partial charge < -0.3 is 30.2 Å². The van der Waals surface area contributed by atoms with Crippen LogP contribution in [-0.4, -0.2) is 123 Å². The van der Waals surface area contributed by atoms with Gasteiger partial charge in [0.05, 0.1) is 16.1 Å². The van der Waals surface area contributed by atoms with Gasteiger partial charge in [-0.2, -0.15) is 9.40 Å². The number of amides is 3. The molecule has 4 heterocycles. The lowest BCUT2D eigenvalue weighted by molar-refractivity contribution is 0.102. The van der Waals surface area contributed by atoms with Gasteiger partial charge in [0.1, 0.15) is 11.6 Å². The molecule has 0 spiro atoms. The van der Waals surface area contributed by atoms with Crippen molar-refractivity contribution in [2.45, 2.75) is 17.9 Å². The standard InChI is InChI=1S/C30H37F2N9O4S/c1-37-7-11-39(12-8-37)22-3-4-24(27(18-22)33-30(43)40-13-9-38(2)10-14-40)29(42)34-28-25-19-41(6-5-26(25)35-36-28)46(44,45)23-16-20(31)15-21(32)17-23/h3-4,15-18H,5-14,19H2,1-2H3,(H,33,43)(H2,34,35,36,42). The summed E-state index contributed by atoms with van der Waals surface area (Å²) in [7, 11) is -0.176. The lowest BCUT2D eigenvalue weighted by Crippen LogP contribution is -2.48. The predicted octanol–water partition coefficient (Wildman–Crippen LogP) is 2.22. The number of urea groups is 1. The van der Waals surface area contributed by atoms with Crippen LogP contribution in [0.1, 0.15) is 21.6 Å². The number of H-pyrrole nitrogens is 1. The summed E-state index contributed by atoms with van der Waals surface area (Å²) in [6.45, 7) is 5.86. The van der Waals surface area contributed by atoms with Gasteiger partial charge in [-0.3, -0.25) is 9.89 Å². The van der Waals surface area contributed by atoms with Gasteiger partial charge in [0.25, 0.3) is 5.91 Å². The van der Waals surface area contributed by atoms with E-state index in [0.717, 1.165) is 61.4 Å². The number of likely N-dealkylation sites (N-methyl/N-ethyl adjacent to an activating group) is 2. The molecule has 3 aromatic rings. The molecule has 6 rings (SSSR count). The minimum absolute atomic E-state index is 0.0548. The maximum absolute atomic E-state index is 13.8. The second-order valence-electron chi connectivity index (χ2n) is 11.9. The van der Waals surface area contributed by atoms with Crippen LogP contribution in [0, 0.1) is 11.6 Å². The van der Waals surface area contributed by atoms with Crippen molar-refractivity contribution in [1.29, 1.82) is 0 Å². The molecule has 3 N–H and O–H groups in total. The van der Waals surface area contributed by atoms with Crippen LogP contribution in [-0.2, 0) is 23.0 Å². The number of halogens is 2. The number of benzene rings is 2. The Bertz CT molecular complexity index is 1720. The molecule has 3 aliphatic heterocycles. The molecule has 0 radical (unpaired) electrons. The molecule has 0 unspecified atom stereocenters. The number of sulfonamides is 1. The normalized spacial score (nSPS) is 18.3. The van der Waals surface area contributed by atoms with Crippen molar-refractivity contribution >= 4 is 39.2 Å². The number of piperazine rings is 2. The Morgan fingerprint density at radius 1 is 0.848 bits per heavy atom. The van der Waals surface area contributed by atoms with E-state index in [1.54, 1.807) is 17.0 Å². The zero-order chi connectivity index (χ0) is 32.6. The Morgan fingerprint density at radius 3 is 2.17 bits per heavy atom. The maximum atomic E-state index is 13.8. The molecule has 46 heavy (non-hydrogen) atoms. The van der Waals surface area contributed by atoms with Crippen molar-refractivity contribution in [3.8, 4) is 0 Å². The molecular weight excluding hydrogens is 620 g/mol. The van der Waals surface area contributed by atoms with Gasteiger partial charge >= 0.3 is 6.03 Å². The fraction of sp³-hybridized carbons (Fsp3) is 0.433. The fourth-order valence-electron chi connectivity index (χ4n) is 5.88. The summed E-state index contributed by atoms with van der Waals surface area (Å²) in [5.41, 5.74) is 2.52. The molecule has 16 heteroatoms. The molecule has 0 bridgehead atoms. The molecule has 2 fully saturated rings. The number of carbonyl (C=O) groups is 2. The van der Waals surface area contributed by atoms with E-state index in [4.69, 9.17) is 0 Å². The second-order valence-corrected chi connectivity index (χ2v) is 13.9. The summed E-state index contributed by atoms with van der Waals surface area (Å²) >= 11 is 0. The predicted molar refractivity (Wildman–Crippen MR) is 168 cm³/mol. The Morgan fingerprint density at radius 2 is 1.50 bits per heavy atom. The Kier molecular flexibility index (Phi) is 8.96. The van der Waals surface area contributed by atoms with Crippen molar-refractivity contribution in [3.63, 3.8) is 0 Å². The summed E-state index contributed by atoms with van der Waals surface area (Å²) in [4.78, 5) is 34.9. The van der Waals surface area contributed by atoms with Crippen LogP contribution in [0.15, 0.2) is 41.3 Å². The van der Waals surface area contributed by atoms with Crippen molar-refractivity contribution < 1.29 is 26.8 Å². The minimum Gasteiger partial charge on any atom is -0.369 e. The van der Waals surface area contributed by atoms with Crippen LogP contribution < -0.4 is 15.5 Å². The largest absolute Gasteiger partial charge is 0.369 e. The van der Waals surface area contributed by atoms with Crippen LogP contribution in [0.25, 0.3) is 0 Å². The van der Waals surface area contributed by atoms with Gasteiger partial charge in [0.2, 0.25) is 10.0 Å². The van der Waals surface area contributed by atoms with E-state index in [1.165, 1.54) is 0 Å². The molecular formula is C30H37F2N9O4S. The molecule has 0 aliphatic carbocycles. The van der Waals surface area contributed by atoms with E-state index < -0.39 is 32.5 Å². The average molecular weight is 658 g/mol. The first-order valence-electron chi connectivity index (χ1n) is 15.1. The highest BCUT2D eigenvalue weighted by Gasteiger charge is 2.33. The highest BCUT2D eigenvalue weighted by molar-refractivity contribution is 7.89.